The highest BCUT2D eigenvalue weighted by atomic mass is 127. The van der Waals surface area contributed by atoms with Gasteiger partial charge in [0.1, 0.15) is 0 Å². The van der Waals surface area contributed by atoms with Crippen molar-refractivity contribution in [2.75, 3.05) is 39.4 Å². The lowest BCUT2D eigenvalue weighted by Crippen LogP contribution is -2.56. The molecular formula is C18H32IN5O. The number of aliphatic imine (C=N–C) groups is 1. The molecule has 0 aromatic carbocycles. The summed E-state index contributed by atoms with van der Waals surface area (Å²) in [6.45, 7) is 14.5. The first-order valence-corrected chi connectivity index (χ1v) is 8.78. The van der Waals surface area contributed by atoms with Gasteiger partial charge in [-0.05, 0) is 39.3 Å². The van der Waals surface area contributed by atoms with E-state index in [1.54, 1.807) is 0 Å². The molecule has 1 aromatic rings. The number of guanidine groups is 1. The number of rotatable bonds is 6. The Kier molecular flexibility index (Phi) is 9.66. The third-order valence-corrected chi connectivity index (χ3v) is 4.40. The van der Waals surface area contributed by atoms with E-state index in [0.717, 1.165) is 51.0 Å². The Balaban J connectivity index is 0.00000312. The van der Waals surface area contributed by atoms with Crippen molar-refractivity contribution in [1.29, 1.82) is 0 Å². The zero-order valence-corrected chi connectivity index (χ0v) is 18.2. The first kappa shape index (κ1) is 22.1. The first-order valence-electron chi connectivity index (χ1n) is 8.78. The average Bonchev–Trinajstić information content (AvgIpc) is 2.59. The van der Waals surface area contributed by atoms with Crippen LogP contribution in [-0.4, -0.2) is 60.8 Å². The van der Waals surface area contributed by atoms with Crippen molar-refractivity contribution in [3.63, 3.8) is 0 Å². The van der Waals surface area contributed by atoms with Gasteiger partial charge in [-0.3, -0.25) is 9.88 Å². The highest BCUT2D eigenvalue weighted by molar-refractivity contribution is 14.0. The zero-order chi connectivity index (χ0) is 17.4. The molecule has 1 aromatic heterocycles. The van der Waals surface area contributed by atoms with Crippen LogP contribution in [0, 0.1) is 6.92 Å². The number of morpholine rings is 1. The lowest BCUT2D eigenvalue weighted by Gasteiger charge is -2.41. The molecule has 2 N–H and O–H groups in total. The largest absolute Gasteiger partial charge is 0.379 e. The second-order valence-electron chi connectivity index (χ2n) is 6.73. The molecule has 0 atom stereocenters. The highest BCUT2D eigenvalue weighted by Crippen LogP contribution is 2.15. The van der Waals surface area contributed by atoms with Gasteiger partial charge in [0.05, 0.1) is 25.5 Å². The van der Waals surface area contributed by atoms with E-state index in [-0.39, 0.29) is 29.5 Å². The predicted molar refractivity (Wildman–Crippen MR) is 114 cm³/mol. The van der Waals surface area contributed by atoms with Crippen LogP contribution in [0.4, 0.5) is 0 Å². The van der Waals surface area contributed by atoms with Crippen LogP contribution in [0.3, 0.4) is 0 Å². The van der Waals surface area contributed by atoms with Gasteiger partial charge in [-0.15, -0.1) is 24.0 Å². The lowest BCUT2D eigenvalue weighted by molar-refractivity contribution is -0.00834. The summed E-state index contributed by atoms with van der Waals surface area (Å²) in [5.74, 6) is 0.837. The van der Waals surface area contributed by atoms with Crippen molar-refractivity contribution >= 4 is 29.9 Å². The topological polar surface area (TPSA) is 61.8 Å². The predicted octanol–water partition coefficient (Wildman–Crippen LogP) is 2.17. The van der Waals surface area contributed by atoms with E-state index in [1.807, 2.05) is 12.3 Å². The zero-order valence-electron chi connectivity index (χ0n) is 15.8. The molecule has 0 bridgehead atoms. The number of nitrogens with one attached hydrogen (secondary N) is 2. The van der Waals surface area contributed by atoms with E-state index < -0.39 is 0 Å². The number of aromatic nitrogens is 1. The Morgan fingerprint density at radius 2 is 2.04 bits per heavy atom. The minimum absolute atomic E-state index is 0. The van der Waals surface area contributed by atoms with Gasteiger partial charge in [0.2, 0.25) is 0 Å². The molecule has 0 aliphatic carbocycles. The van der Waals surface area contributed by atoms with Crippen LogP contribution in [0.25, 0.3) is 0 Å². The Hall–Kier alpha value is -0.930. The van der Waals surface area contributed by atoms with Crippen molar-refractivity contribution in [3.8, 4) is 0 Å². The Morgan fingerprint density at radius 1 is 1.32 bits per heavy atom. The van der Waals surface area contributed by atoms with Gasteiger partial charge in [0.25, 0.3) is 0 Å². The summed E-state index contributed by atoms with van der Waals surface area (Å²) in [5.41, 5.74) is 2.24. The monoisotopic (exact) mass is 461 g/mol. The summed E-state index contributed by atoms with van der Waals surface area (Å²) in [7, 11) is 0. The Labute approximate surface area is 168 Å². The molecule has 1 aliphatic rings. The molecule has 1 fully saturated rings. The molecule has 0 amide bonds. The van der Waals surface area contributed by atoms with E-state index in [2.05, 4.69) is 59.3 Å². The molecule has 25 heavy (non-hydrogen) atoms. The number of ether oxygens (including phenoxy) is 1. The quantitative estimate of drug-likeness (QED) is 0.387. The number of hydrogen-bond acceptors (Lipinski definition) is 4. The molecule has 7 heteroatoms. The molecule has 0 radical (unpaired) electrons. The maximum absolute atomic E-state index is 5.45. The molecule has 2 rings (SSSR count). The van der Waals surface area contributed by atoms with Crippen molar-refractivity contribution in [2.24, 2.45) is 4.99 Å². The molecule has 0 unspecified atom stereocenters. The van der Waals surface area contributed by atoms with Gasteiger partial charge in [0.15, 0.2) is 5.96 Å². The first-order chi connectivity index (χ1) is 11.5. The van der Waals surface area contributed by atoms with Crippen LogP contribution >= 0.6 is 24.0 Å². The van der Waals surface area contributed by atoms with Gasteiger partial charge >= 0.3 is 0 Å². The second-order valence-corrected chi connectivity index (χ2v) is 6.73. The maximum atomic E-state index is 5.45. The van der Waals surface area contributed by atoms with E-state index in [1.165, 1.54) is 5.56 Å². The smallest absolute Gasteiger partial charge is 0.191 e. The maximum Gasteiger partial charge on any atom is 0.191 e. The fourth-order valence-electron chi connectivity index (χ4n) is 2.76. The van der Waals surface area contributed by atoms with Gasteiger partial charge in [-0.25, -0.2) is 4.99 Å². The van der Waals surface area contributed by atoms with E-state index >= 15 is 0 Å². The highest BCUT2D eigenvalue weighted by Gasteiger charge is 2.28. The summed E-state index contributed by atoms with van der Waals surface area (Å²) >= 11 is 0. The second kappa shape index (κ2) is 10.9. The molecule has 0 saturated carbocycles. The summed E-state index contributed by atoms with van der Waals surface area (Å²) in [6, 6.07) is 4.02. The van der Waals surface area contributed by atoms with Crippen molar-refractivity contribution < 1.29 is 4.74 Å². The van der Waals surface area contributed by atoms with Crippen LogP contribution in [0.2, 0.25) is 0 Å². The summed E-state index contributed by atoms with van der Waals surface area (Å²) in [5, 5.41) is 6.79. The fourth-order valence-corrected chi connectivity index (χ4v) is 2.76. The van der Waals surface area contributed by atoms with Crippen LogP contribution in [0.15, 0.2) is 23.3 Å². The van der Waals surface area contributed by atoms with Crippen molar-refractivity contribution in [3.05, 3.63) is 29.6 Å². The van der Waals surface area contributed by atoms with Crippen LogP contribution in [-0.2, 0) is 11.3 Å². The molecule has 6 nitrogen and oxygen atoms in total. The SMILES string of the molecule is CCNC(=NCc1ncccc1C)NCC(C)(C)N1CCOCC1.I. The molecular weight excluding hydrogens is 429 g/mol. The van der Waals surface area contributed by atoms with Crippen molar-refractivity contribution in [1.82, 2.24) is 20.5 Å². The Morgan fingerprint density at radius 3 is 2.68 bits per heavy atom. The normalized spacial score (nSPS) is 16.2. The van der Waals surface area contributed by atoms with Crippen LogP contribution in [0.1, 0.15) is 32.0 Å². The third-order valence-electron chi connectivity index (χ3n) is 4.40. The minimum Gasteiger partial charge on any atom is -0.379 e. The molecule has 2 heterocycles. The summed E-state index contributed by atoms with van der Waals surface area (Å²) < 4.78 is 5.45. The molecule has 1 saturated heterocycles. The molecule has 1 aliphatic heterocycles. The van der Waals surface area contributed by atoms with Gasteiger partial charge in [-0.1, -0.05) is 6.07 Å². The average molecular weight is 461 g/mol. The van der Waals surface area contributed by atoms with E-state index in [0.29, 0.717) is 6.54 Å². The van der Waals surface area contributed by atoms with Crippen LogP contribution in [0.5, 0.6) is 0 Å². The van der Waals surface area contributed by atoms with Gasteiger partial charge in [0, 0.05) is 37.9 Å². The van der Waals surface area contributed by atoms with Gasteiger partial charge in [-0.2, -0.15) is 0 Å². The van der Waals surface area contributed by atoms with Crippen molar-refractivity contribution in [2.45, 2.75) is 39.8 Å². The fraction of sp³-hybridized carbons (Fsp3) is 0.667. The van der Waals surface area contributed by atoms with E-state index in [4.69, 9.17) is 4.74 Å². The van der Waals surface area contributed by atoms with E-state index in [9.17, 15) is 0 Å². The van der Waals surface area contributed by atoms with Crippen LogP contribution < -0.4 is 10.6 Å². The Bertz CT molecular complexity index is 544. The number of nitrogens with zero attached hydrogens (tertiary/aromatic N) is 3. The number of pyridine rings is 1. The molecule has 142 valence electrons. The standard InChI is InChI=1S/C18H31N5O.HI/c1-5-19-17(21-13-16-15(2)7-6-8-20-16)22-14-18(3,4)23-9-11-24-12-10-23;/h6-8H,5,9-14H2,1-4H3,(H2,19,21,22);1H. The van der Waals surface area contributed by atoms with Gasteiger partial charge < -0.3 is 15.4 Å². The molecule has 0 spiro atoms. The number of hydrogen-bond donors (Lipinski definition) is 2. The number of aryl methyl sites for hydroxylation is 1. The summed E-state index contributed by atoms with van der Waals surface area (Å²) in [6.07, 6.45) is 1.82. The minimum atomic E-state index is 0. The number of halogens is 1. The summed E-state index contributed by atoms with van der Waals surface area (Å²) in [4.78, 5) is 11.6. The third kappa shape index (κ3) is 7.07. The lowest BCUT2D eigenvalue weighted by atomic mass is 10.0.